The molecule has 1 rings (SSSR count). The molecule has 0 aromatic heterocycles. The summed E-state index contributed by atoms with van der Waals surface area (Å²) in [5, 5.41) is 11.8. The van der Waals surface area contributed by atoms with Gasteiger partial charge in [0.2, 0.25) is 0 Å². The van der Waals surface area contributed by atoms with Crippen LogP contribution in [0.4, 0.5) is 0 Å². The normalized spacial score (nSPS) is 10.5. The Morgan fingerprint density at radius 1 is 1.32 bits per heavy atom. The summed E-state index contributed by atoms with van der Waals surface area (Å²) in [6, 6.07) is 4.20. The van der Waals surface area contributed by atoms with Crippen LogP contribution in [0.3, 0.4) is 0 Å². The van der Waals surface area contributed by atoms with Gasteiger partial charge in [-0.15, -0.1) is 0 Å². The molecule has 0 bridgehead atoms. The van der Waals surface area contributed by atoms with Gasteiger partial charge in [0.1, 0.15) is 5.75 Å². The maximum Gasteiger partial charge on any atom is 0.303 e. The number of aliphatic carboxylic acids is 1. The summed E-state index contributed by atoms with van der Waals surface area (Å²) < 4.78 is 5.41. The van der Waals surface area contributed by atoms with Crippen molar-refractivity contribution >= 4 is 5.97 Å². The van der Waals surface area contributed by atoms with Gasteiger partial charge in [-0.25, -0.2) is 0 Å². The van der Waals surface area contributed by atoms with Gasteiger partial charge in [-0.1, -0.05) is 6.07 Å². The van der Waals surface area contributed by atoms with Gasteiger partial charge in [-0.3, -0.25) is 4.79 Å². The molecule has 106 valence electrons. The van der Waals surface area contributed by atoms with Crippen molar-refractivity contribution in [2.75, 3.05) is 20.2 Å². The summed E-state index contributed by atoms with van der Waals surface area (Å²) in [6.07, 6.45) is 1.78. The molecule has 0 radical (unpaired) electrons. The van der Waals surface area contributed by atoms with Crippen molar-refractivity contribution in [3.8, 4) is 5.75 Å². The fourth-order valence-electron chi connectivity index (χ4n) is 2.16. The van der Waals surface area contributed by atoms with Gasteiger partial charge < -0.3 is 15.2 Å². The van der Waals surface area contributed by atoms with Crippen LogP contribution in [0.1, 0.15) is 29.5 Å². The van der Waals surface area contributed by atoms with E-state index in [0.29, 0.717) is 6.42 Å². The molecule has 1 aromatic rings. The summed E-state index contributed by atoms with van der Waals surface area (Å²) >= 11 is 0. The van der Waals surface area contributed by atoms with Gasteiger partial charge in [0.15, 0.2) is 0 Å². The molecule has 0 aliphatic rings. The zero-order valence-electron chi connectivity index (χ0n) is 12.0. The van der Waals surface area contributed by atoms with E-state index in [4.69, 9.17) is 9.84 Å². The maximum atomic E-state index is 10.4. The number of aryl methyl sites for hydroxylation is 2. The Balaban J connectivity index is 2.42. The Kier molecular flexibility index (Phi) is 6.36. The lowest BCUT2D eigenvalue weighted by Crippen LogP contribution is -2.19. The number of carboxylic acids is 1. The van der Waals surface area contributed by atoms with Gasteiger partial charge >= 0.3 is 5.97 Å². The number of rotatable bonds is 8. The Bertz CT molecular complexity index is 430. The Labute approximate surface area is 114 Å². The second kappa shape index (κ2) is 7.79. The molecular formula is C15H23NO3. The number of hydrogen-bond donors (Lipinski definition) is 2. The highest BCUT2D eigenvalue weighted by Crippen LogP contribution is 2.24. The largest absolute Gasteiger partial charge is 0.496 e. The molecule has 0 spiro atoms. The van der Waals surface area contributed by atoms with Crippen molar-refractivity contribution < 1.29 is 14.6 Å². The van der Waals surface area contributed by atoms with E-state index in [0.717, 1.165) is 25.3 Å². The number of carboxylic acid groups (broad SMARTS) is 1. The Morgan fingerprint density at radius 3 is 2.68 bits per heavy atom. The second-order valence-corrected chi connectivity index (χ2v) is 4.76. The lowest BCUT2D eigenvalue weighted by Gasteiger charge is -2.13. The monoisotopic (exact) mass is 265 g/mol. The minimum atomic E-state index is -0.738. The minimum Gasteiger partial charge on any atom is -0.496 e. The van der Waals surface area contributed by atoms with E-state index < -0.39 is 5.97 Å². The predicted octanol–water partition coefficient (Wildman–Crippen LogP) is 2.31. The molecule has 1 aromatic carbocycles. The molecule has 4 heteroatoms. The van der Waals surface area contributed by atoms with Crippen LogP contribution in [0.25, 0.3) is 0 Å². The average molecular weight is 265 g/mol. The lowest BCUT2D eigenvalue weighted by molar-refractivity contribution is -0.137. The molecule has 19 heavy (non-hydrogen) atoms. The van der Waals surface area contributed by atoms with Crippen LogP contribution in [0.2, 0.25) is 0 Å². The van der Waals surface area contributed by atoms with Gasteiger partial charge in [0.05, 0.1) is 7.11 Å². The van der Waals surface area contributed by atoms with E-state index in [9.17, 15) is 4.79 Å². The van der Waals surface area contributed by atoms with Gasteiger partial charge in [0.25, 0.3) is 0 Å². The quantitative estimate of drug-likeness (QED) is 0.708. The topological polar surface area (TPSA) is 58.6 Å². The Hall–Kier alpha value is -1.55. The molecule has 0 amide bonds. The van der Waals surface area contributed by atoms with Crippen molar-refractivity contribution in [1.82, 2.24) is 5.32 Å². The van der Waals surface area contributed by atoms with Crippen LogP contribution in [-0.2, 0) is 11.2 Å². The molecule has 0 fully saturated rings. The van der Waals surface area contributed by atoms with E-state index >= 15 is 0 Å². The van der Waals surface area contributed by atoms with Crippen LogP contribution in [0.15, 0.2) is 12.1 Å². The van der Waals surface area contributed by atoms with E-state index in [1.807, 2.05) is 6.07 Å². The lowest BCUT2D eigenvalue weighted by atomic mass is 10.0. The molecule has 0 saturated carbocycles. The number of nitrogens with one attached hydrogen (secondary N) is 1. The summed E-state index contributed by atoms with van der Waals surface area (Å²) in [4.78, 5) is 10.4. The summed E-state index contributed by atoms with van der Waals surface area (Å²) in [7, 11) is 1.69. The SMILES string of the molecule is COc1cc(C)cc(C)c1CCNCCCC(=O)O. The molecule has 0 unspecified atom stereocenters. The average Bonchev–Trinajstić information content (AvgIpc) is 2.34. The highest BCUT2D eigenvalue weighted by Gasteiger charge is 2.07. The third kappa shape index (κ3) is 5.30. The highest BCUT2D eigenvalue weighted by molar-refractivity contribution is 5.66. The van der Waals surface area contributed by atoms with E-state index in [1.54, 1.807) is 7.11 Å². The van der Waals surface area contributed by atoms with Crippen LogP contribution in [0.5, 0.6) is 5.75 Å². The van der Waals surface area contributed by atoms with E-state index in [-0.39, 0.29) is 6.42 Å². The van der Waals surface area contributed by atoms with Gasteiger partial charge in [-0.05, 0) is 62.5 Å². The van der Waals surface area contributed by atoms with Crippen LogP contribution < -0.4 is 10.1 Å². The first-order chi connectivity index (χ1) is 9.04. The zero-order chi connectivity index (χ0) is 14.3. The number of benzene rings is 1. The fraction of sp³-hybridized carbons (Fsp3) is 0.533. The van der Waals surface area contributed by atoms with Gasteiger partial charge in [0, 0.05) is 6.42 Å². The second-order valence-electron chi connectivity index (χ2n) is 4.76. The number of ether oxygens (including phenoxy) is 1. The van der Waals surface area contributed by atoms with Crippen molar-refractivity contribution in [1.29, 1.82) is 0 Å². The van der Waals surface area contributed by atoms with Crippen molar-refractivity contribution in [3.05, 3.63) is 28.8 Å². The maximum absolute atomic E-state index is 10.4. The smallest absolute Gasteiger partial charge is 0.303 e. The number of carbonyl (C=O) groups is 1. The summed E-state index contributed by atoms with van der Waals surface area (Å²) in [5.41, 5.74) is 3.66. The molecular weight excluding hydrogens is 242 g/mol. The van der Waals surface area contributed by atoms with E-state index in [1.165, 1.54) is 16.7 Å². The predicted molar refractivity (Wildman–Crippen MR) is 75.9 cm³/mol. The molecule has 0 aliphatic heterocycles. The van der Waals surface area contributed by atoms with Gasteiger partial charge in [-0.2, -0.15) is 0 Å². The van der Waals surface area contributed by atoms with Crippen molar-refractivity contribution in [2.45, 2.75) is 33.1 Å². The third-order valence-electron chi connectivity index (χ3n) is 3.09. The van der Waals surface area contributed by atoms with Crippen molar-refractivity contribution in [2.24, 2.45) is 0 Å². The third-order valence-corrected chi connectivity index (χ3v) is 3.09. The minimum absolute atomic E-state index is 0.222. The summed E-state index contributed by atoms with van der Waals surface area (Å²) in [6.45, 7) is 5.72. The molecule has 2 N–H and O–H groups in total. The number of hydrogen-bond acceptors (Lipinski definition) is 3. The molecule has 0 heterocycles. The van der Waals surface area contributed by atoms with Crippen LogP contribution in [0, 0.1) is 13.8 Å². The first kappa shape index (κ1) is 15.5. The summed E-state index contributed by atoms with van der Waals surface area (Å²) in [5.74, 6) is 0.197. The molecule has 4 nitrogen and oxygen atoms in total. The highest BCUT2D eigenvalue weighted by atomic mass is 16.5. The zero-order valence-corrected chi connectivity index (χ0v) is 12.0. The number of methoxy groups -OCH3 is 1. The van der Waals surface area contributed by atoms with Crippen LogP contribution in [-0.4, -0.2) is 31.3 Å². The molecule has 0 aliphatic carbocycles. The first-order valence-corrected chi connectivity index (χ1v) is 6.61. The fourth-order valence-corrected chi connectivity index (χ4v) is 2.16. The first-order valence-electron chi connectivity index (χ1n) is 6.61. The standard InChI is InChI=1S/C15H23NO3/c1-11-9-12(2)13(14(10-11)19-3)6-8-16-7-4-5-15(17)18/h9-10,16H,4-8H2,1-3H3,(H,17,18). The van der Waals surface area contributed by atoms with E-state index in [2.05, 4.69) is 25.2 Å². The van der Waals surface area contributed by atoms with Crippen molar-refractivity contribution in [3.63, 3.8) is 0 Å². The van der Waals surface area contributed by atoms with Crippen LogP contribution >= 0.6 is 0 Å². The molecule has 0 atom stereocenters. The Morgan fingerprint density at radius 2 is 2.05 bits per heavy atom. The molecule has 0 saturated heterocycles.